The van der Waals surface area contributed by atoms with Crippen molar-refractivity contribution in [1.82, 2.24) is 5.32 Å². The van der Waals surface area contributed by atoms with Crippen LogP contribution in [-0.4, -0.2) is 11.4 Å². The van der Waals surface area contributed by atoms with Crippen LogP contribution in [0, 0.1) is 5.82 Å². The molecule has 15 heavy (non-hydrogen) atoms. The minimum Gasteiger partial charge on any atom is -0.310 e. The van der Waals surface area contributed by atoms with Gasteiger partial charge in [-0.3, -0.25) is 0 Å². The second-order valence-corrected chi connectivity index (χ2v) is 4.71. The van der Waals surface area contributed by atoms with E-state index in [1.165, 1.54) is 6.07 Å². The second-order valence-electron chi connectivity index (χ2n) is 3.51. The van der Waals surface area contributed by atoms with Crippen LogP contribution >= 0.6 is 27.5 Å². The monoisotopic (exact) mass is 293 g/mol. The van der Waals surface area contributed by atoms with Crippen molar-refractivity contribution in [2.24, 2.45) is 0 Å². The standard InChI is InChI=1S/C11H14BrClFN/c1-8(4-5-12)15-7-9-2-3-10(13)11(14)6-9/h2-3,6,8,15H,4-5,7H2,1H3. The Balaban J connectivity index is 2.47. The van der Waals surface area contributed by atoms with E-state index in [2.05, 4.69) is 28.2 Å². The van der Waals surface area contributed by atoms with E-state index in [4.69, 9.17) is 11.6 Å². The number of hydrogen-bond acceptors (Lipinski definition) is 1. The minimum absolute atomic E-state index is 0.173. The third-order valence-corrected chi connectivity index (χ3v) is 2.95. The molecule has 1 atom stereocenters. The lowest BCUT2D eigenvalue weighted by Gasteiger charge is -2.12. The maximum Gasteiger partial charge on any atom is 0.142 e. The molecule has 0 aromatic heterocycles. The largest absolute Gasteiger partial charge is 0.310 e. The van der Waals surface area contributed by atoms with Crippen molar-refractivity contribution in [1.29, 1.82) is 0 Å². The fourth-order valence-electron chi connectivity index (χ4n) is 1.21. The second kappa shape index (κ2) is 6.46. The molecular weight excluding hydrogens is 280 g/mol. The van der Waals surface area contributed by atoms with Gasteiger partial charge in [0.1, 0.15) is 5.82 Å². The molecule has 0 radical (unpaired) electrons. The van der Waals surface area contributed by atoms with E-state index in [-0.39, 0.29) is 10.8 Å². The average Bonchev–Trinajstić information content (AvgIpc) is 2.20. The van der Waals surface area contributed by atoms with Gasteiger partial charge < -0.3 is 5.32 Å². The van der Waals surface area contributed by atoms with Crippen LogP contribution in [0.1, 0.15) is 18.9 Å². The van der Waals surface area contributed by atoms with Crippen molar-refractivity contribution in [3.05, 3.63) is 34.6 Å². The summed E-state index contributed by atoms with van der Waals surface area (Å²) in [5.41, 5.74) is 0.915. The zero-order chi connectivity index (χ0) is 11.3. The van der Waals surface area contributed by atoms with Crippen molar-refractivity contribution in [3.63, 3.8) is 0 Å². The predicted molar refractivity (Wildman–Crippen MR) is 66.1 cm³/mol. The predicted octanol–water partition coefficient (Wildman–Crippen LogP) is 3.74. The summed E-state index contributed by atoms with van der Waals surface area (Å²) in [5, 5.41) is 4.45. The Bertz CT molecular complexity index is 319. The molecule has 0 bridgehead atoms. The van der Waals surface area contributed by atoms with E-state index >= 15 is 0 Å². The van der Waals surface area contributed by atoms with Gasteiger partial charge in [0.15, 0.2) is 0 Å². The maximum atomic E-state index is 13.1. The average molecular weight is 295 g/mol. The van der Waals surface area contributed by atoms with Gasteiger partial charge >= 0.3 is 0 Å². The van der Waals surface area contributed by atoms with Gasteiger partial charge in [0.2, 0.25) is 0 Å². The van der Waals surface area contributed by atoms with Gasteiger partial charge in [-0.1, -0.05) is 33.6 Å². The molecule has 1 unspecified atom stereocenters. The van der Waals surface area contributed by atoms with Crippen molar-refractivity contribution in [3.8, 4) is 0 Å². The SMILES string of the molecule is CC(CCBr)NCc1ccc(Cl)c(F)c1. The first-order chi connectivity index (χ1) is 7.13. The molecule has 84 valence electrons. The number of hydrogen-bond donors (Lipinski definition) is 1. The van der Waals surface area contributed by atoms with E-state index in [9.17, 15) is 4.39 Å². The lowest BCUT2D eigenvalue weighted by atomic mass is 10.2. The van der Waals surface area contributed by atoms with Crippen LogP contribution in [0.4, 0.5) is 4.39 Å². The van der Waals surface area contributed by atoms with E-state index in [1.54, 1.807) is 6.07 Å². The molecule has 0 aliphatic heterocycles. The topological polar surface area (TPSA) is 12.0 Å². The first kappa shape index (κ1) is 12.9. The molecule has 0 saturated heterocycles. The van der Waals surface area contributed by atoms with Crippen molar-refractivity contribution in [2.45, 2.75) is 25.9 Å². The Kier molecular flexibility index (Phi) is 5.58. The normalized spacial score (nSPS) is 12.8. The van der Waals surface area contributed by atoms with Crippen LogP contribution in [0.2, 0.25) is 5.02 Å². The van der Waals surface area contributed by atoms with Crippen molar-refractivity contribution >= 4 is 27.5 Å². The van der Waals surface area contributed by atoms with Crippen LogP contribution < -0.4 is 5.32 Å². The van der Waals surface area contributed by atoms with Gasteiger partial charge in [0.25, 0.3) is 0 Å². The number of alkyl halides is 1. The molecule has 1 rings (SSSR count). The molecule has 0 saturated carbocycles. The molecule has 0 aliphatic rings. The molecule has 1 nitrogen and oxygen atoms in total. The lowest BCUT2D eigenvalue weighted by molar-refractivity contribution is 0.536. The maximum absolute atomic E-state index is 13.1. The first-order valence-electron chi connectivity index (χ1n) is 4.86. The van der Waals surface area contributed by atoms with Crippen LogP contribution in [0.25, 0.3) is 0 Å². The lowest BCUT2D eigenvalue weighted by Crippen LogP contribution is -2.25. The number of halogens is 3. The van der Waals surface area contributed by atoms with Crippen LogP contribution in [-0.2, 0) is 6.54 Å². The van der Waals surface area contributed by atoms with Gasteiger partial charge in [-0.05, 0) is 31.0 Å². The highest BCUT2D eigenvalue weighted by Crippen LogP contribution is 2.15. The van der Waals surface area contributed by atoms with Crippen molar-refractivity contribution < 1.29 is 4.39 Å². The van der Waals surface area contributed by atoms with Gasteiger partial charge in [0.05, 0.1) is 5.02 Å². The zero-order valence-electron chi connectivity index (χ0n) is 8.56. The summed E-state index contributed by atoms with van der Waals surface area (Å²) in [6.07, 6.45) is 1.05. The van der Waals surface area contributed by atoms with Gasteiger partial charge in [-0.2, -0.15) is 0 Å². The summed E-state index contributed by atoms with van der Waals surface area (Å²) < 4.78 is 13.1. The molecular formula is C11H14BrClFN. The van der Waals surface area contributed by atoms with Gasteiger partial charge in [-0.25, -0.2) is 4.39 Å². The molecule has 0 aliphatic carbocycles. The first-order valence-corrected chi connectivity index (χ1v) is 6.36. The number of rotatable bonds is 5. The fourth-order valence-corrected chi connectivity index (χ4v) is 2.01. The summed E-state index contributed by atoms with van der Waals surface area (Å²) in [7, 11) is 0. The number of nitrogens with one attached hydrogen (secondary N) is 1. The molecule has 4 heteroatoms. The molecule has 1 N–H and O–H groups in total. The smallest absolute Gasteiger partial charge is 0.142 e. The third-order valence-electron chi connectivity index (χ3n) is 2.18. The summed E-state index contributed by atoms with van der Waals surface area (Å²) in [5.74, 6) is -0.357. The van der Waals surface area contributed by atoms with Crippen molar-refractivity contribution in [2.75, 3.05) is 5.33 Å². The summed E-state index contributed by atoms with van der Waals surface area (Å²) in [6.45, 7) is 2.77. The molecule has 0 spiro atoms. The fraction of sp³-hybridized carbons (Fsp3) is 0.455. The van der Waals surface area contributed by atoms with E-state index in [0.29, 0.717) is 12.6 Å². The Morgan fingerprint density at radius 1 is 1.53 bits per heavy atom. The Morgan fingerprint density at radius 3 is 2.87 bits per heavy atom. The molecule has 1 aromatic rings. The van der Waals surface area contributed by atoms with E-state index in [1.807, 2.05) is 6.07 Å². The summed E-state index contributed by atoms with van der Waals surface area (Å²) >= 11 is 8.97. The Labute approximate surface area is 103 Å². The van der Waals surface area contributed by atoms with E-state index < -0.39 is 0 Å². The summed E-state index contributed by atoms with van der Waals surface area (Å²) in [6, 6.07) is 5.31. The van der Waals surface area contributed by atoms with Crippen LogP contribution in [0.3, 0.4) is 0 Å². The molecule has 0 amide bonds. The molecule has 0 heterocycles. The minimum atomic E-state index is -0.357. The molecule has 0 fully saturated rings. The highest BCUT2D eigenvalue weighted by Gasteiger charge is 2.03. The molecule has 1 aromatic carbocycles. The highest BCUT2D eigenvalue weighted by atomic mass is 79.9. The zero-order valence-corrected chi connectivity index (χ0v) is 10.9. The van der Waals surface area contributed by atoms with Gasteiger partial charge in [-0.15, -0.1) is 0 Å². The van der Waals surface area contributed by atoms with Crippen LogP contribution in [0.15, 0.2) is 18.2 Å². The van der Waals surface area contributed by atoms with Crippen LogP contribution in [0.5, 0.6) is 0 Å². The highest BCUT2D eigenvalue weighted by molar-refractivity contribution is 9.09. The quantitative estimate of drug-likeness (QED) is 0.816. The Morgan fingerprint density at radius 2 is 2.27 bits per heavy atom. The number of benzene rings is 1. The van der Waals surface area contributed by atoms with Gasteiger partial charge in [0, 0.05) is 17.9 Å². The third kappa shape index (κ3) is 4.49. The summed E-state index contributed by atoms with van der Waals surface area (Å²) in [4.78, 5) is 0. The van der Waals surface area contributed by atoms with E-state index in [0.717, 1.165) is 17.3 Å². The Hall–Kier alpha value is -0.120.